The lowest BCUT2D eigenvalue weighted by atomic mass is 9.94. The molecule has 2 fully saturated rings. The van der Waals surface area contributed by atoms with Crippen molar-refractivity contribution in [3.63, 3.8) is 0 Å². The predicted molar refractivity (Wildman–Crippen MR) is 98.6 cm³/mol. The minimum absolute atomic E-state index is 0.0164. The zero-order valence-corrected chi connectivity index (χ0v) is 15.3. The maximum atomic E-state index is 6.53. The number of rotatable bonds is 2. The standard InChI is InChI=1S/C20H26N4O/c1-15-12-17(23-18(22-15)16-6-10-21-11-7-16)24-13-19(2,3)25-20(14-24)8-4-5-9-20/h6-7,10-12H,4-5,8-9,13-14H2,1-3H3. The highest BCUT2D eigenvalue weighted by atomic mass is 16.5. The minimum Gasteiger partial charge on any atom is -0.365 e. The van der Waals surface area contributed by atoms with Gasteiger partial charge in [0.15, 0.2) is 5.82 Å². The van der Waals surface area contributed by atoms with Gasteiger partial charge in [-0.05, 0) is 45.7 Å². The molecule has 2 aromatic rings. The van der Waals surface area contributed by atoms with E-state index in [2.05, 4.69) is 34.8 Å². The lowest BCUT2D eigenvalue weighted by Gasteiger charge is -2.49. The molecule has 2 aliphatic rings. The van der Waals surface area contributed by atoms with E-state index in [1.807, 2.05) is 19.1 Å². The highest BCUT2D eigenvalue weighted by Gasteiger charge is 2.46. The van der Waals surface area contributed by atoms with Crippen LogP contribution in [0, 0.1) is 6.92 Å². The molecule has 0 aromatic carbocycles. The Hall–Kier alpha value is -2.01. The second-order valence-electron chi connectivity index (χ2n) is 8.03. The maximum absolute atomic E-state index is 6.53. The van der Waals surface area contributed by atoms with Gasteiger partial charge in [-0.15, -0.1) is 0 Å². The van der Waals surface area contributed by atoms with Gasteiger partial charge in [0.2, 0.25) is 0 Å². The van der Waals surface area contributed by atoms with Crippen molar-refractivity contribution < 1.29 is 4.74 Å². The second kappa shape index (κ2) is 6.06. The molecule has 2 aromatic heterocycles. The van der Waals surface area contributed by atoms with Crippen molar-refractivity contribution in [3.05, 3.63) is 36.3 Å². The first-order valence-corrected chi connectivity index (χ1v) is 9.16. The molecule has 1 saturated carbocycles. The van der Waals surface area contributed by atoms with E-state index in [9.17, 15) is 0 Å². The van der Waals surface area contributed by atoms with Gasteiger partial charge in [0, 0.05) is 42.8 Å². The topological polar surface area (TPSA) is 51.1 Å². The first-order valence-electron chi connectivity index (χ1n) is 9.16. The average molecular weight is 338 g/mol. The number of ether oxygens (including phenoxy) is 1. The van der Waals surface area contributed by atoms with Gasteiger partial charge in [-0.2, -0.15) is 0 Å². The van der Waals surface area contributed by atoms with Crippen LogP contribution >= 0.6 is 0 Å². The van der Waals surface area contributed by atoms with Crippen LogP contribution in [-0.4, -0.2) is 39.2 Å². The summed E-state index contributed by atoms with van der Waals surface area (Å²) < 4.78 is 6.53. The van der Waals surface area contributed by atoms with E-state index < -0.39 is 0 Å². The van der Waals surface area contributed by atoms with Gasteiger partial charge in [0.1, 0.15) is 5.82 Å². The smallest absolute Gasteiger partial charge is 0.161 e. The van der Waals surface area contributed by atoms with E-state index in [4.69, 9.17) is 9.72 Å². The van der Waals surface area contributed by atoms with E-state index >= 15 is 0 Å². The first kappa shape index (κ1) is 16.5. The Morgan fingerprint density at radius 2 is 1.76 bits per heavy atom. The van der Waals surface area contributed by atoms with Gasteiger partial charge < -0.3 is 9.64 Å². The van der Waals surface area contributed by atoms with Gasteiger partial charge in [0.25, 0.3) is 0 Å². The lowest BCUT2D eigenvalue weighted by Crippen LogP contribution is -2.59. The molecule has 25 heavy (non-hydrogen) atoms. The molecule has 1 aliphatic heterocycles. The second-order valence-corrected chi connectivity index (χ2v) is 8.03. The van der Waals surface area contributed by atoms with Crippen LogP contribution < -0.4 is 4.90 Å². The van der Waals surface area contributed by atoms with Crippen molar-refractivity contribution in [1.29, 1.82) is 0 Å². The fourth-order valence-electron chi connectivity index (χ4n) is 4.30. The largest absolute Gasteiger partial charge is 0.365 e. The van der Waals surface area contributed by atoms with E-state index in [1.54, 1.807) is 12.4 Å². The molecule has 0 bridgehead atoms. The average Bonchev–Trinajstić information content (AvgIpc) is 3.00. The number of nitrogens with zero attached hydrogens (tertiary/aromatic N) is 4. The molecule has 0 N–H and O–H groups in total. The highest BCUT2D eigenvalue weighted by Crippen LogP contribution is 2.41. The normalized spacial score (nSPS) is 21.6. The number of aromatic nitrogens is 3. The molecule has 5 heteroatoms. The minimum atomic E-state index is -0.168. The summed E-state index contributed by atoms with van der Waals surface area (Å²) in [4.78, 5) is 16.0. The van der Waals surface area contributed by atoms with Gasteiger partial charge in [-0.3, -0.25) is 4.98 Å². The highest BCUT2D eigenvalue weighted by molar-refractivity contribution is 5.57. The molecule has 0 atom stereocenters. The Labute approximate surface area is 149 Å². The Morgan fingerprint density at radius 3 is 2.48 bits per heavy atom. The Balaban J connectivity index is 1.70. The summed E-state index contributed by atoms with van der Waals surface area (Å²) in [5, 5.41) is 0. The molecule has 1 spiro atoms. The summed E-state index contributed by atoms with van der Waals surface area (Å²) in [6.45, 7) is 8.19. The third kappa shape index (κ3) is 3.38. The number of aryl methyl sites for hydroxylation is 1. The van der Waals surface area contributed by atoms with Crippen LogP contribution in [0.4, 0.5) is 5.82 Å². The van der Waals surface area contributed by atoms with Gasteiger partial charge in [0.05, 0.1) is 11.2 Å². The molecule has 0 amide bonds. The SMILES string of the molecule is Cc1cc(N2CC(C)(C)OC3(CCCC3)C2)nc(-c2ccncc2)n1. The summed E-state index contributed by atoms with van der Waals surface area (Å²) in [7, 11) is 0. The molecule has 0 radical (unpaired) electrons. The van der Waals surface area contributed by atoms with Crippen molar-refractivity contribution in [3.8, 4) is 11.4 Å². The monoisotopic (exact) mass is 338 g/mol. The molecular formula is C20H26N4O. The van der Waals surface area contributed by atoms with Crippen molar-refractivity contribution in [2.45, 2.75) is 57.7 Å². The molecular weight excluding hydrogens is 312 g/mol. The van der Waals surface area contributed by atoms with Crippen LogP contribution in [0.3, 0.4) is 0 Å². The van der Waals surface area contributed by atoms with Crippen molar-refractivity contribution in [2.75, 3.05) is 18.0 Å². The zero-order valence-electron chi connectivity index (χ0n) is 15.3. The summed E-state index contributed by atoms with van der Waals surface area (Å²) in [5.41, 5.74) is 1.81. The van der Waals surface area contributed by atoms with E-state index in [-0.39, 0.29) is 11.2 Å². The Kier molecular flexibility index (Phi) is 3.99. The zero-order chi connectivity index (χ0) is 17.5. The lowest BCUT2D eigenvalue weighted by molar-refractivity contribution is -0.148. The van der Waals surface area contributed by atoms with E-state index in [0.717, 1.165) is 48.8 Å². The van der Waals surface area contributed by atoms with Crippen LogP contribution in [0.15, 0.2) is 30.6 Å². The third-order valence-corrected chi connectivity index (χ3v) is 5.16. The predicted octanol–water partition coefficient (Wildman–Crippen LogP) is 3.78. The molecule has 5 nitrogen and oxygen atoms in total. The number of anilines is 1. The maximum Gasteiger partial charge on any atom is 0.161 e. The quantitative estimate of drug-likeness (QED) is 0.834. The molecule has 1 saturated heterocycles. The van der Waals surface area contributed by atoms with Crippen molar-refractivity contribution in [1.82, 2.24) is 15.0 Å². The van der Waals surface area contributed by atoms with Gasteiger partial charge in [-0.25, -0.2) is 9.97 Å². The summed E-state index contributed by atoms with van der Waals surface area (Å²) in [6.07, 6.45) is 8.38. The molecule has 0 unspecified atom stereocenters. The van der Waals surface area contributed by atoms with Gasteiger partial charge in [-0.1, -0.05) is 12.8 Å². The Morgan fingerprint density at radius 1 is 1.04 bits per heavy atom. The number of hydrogen-bond donors (Lipinski definition) is 0. The van der Waals surface area contributed by atoms with Gasteiger partial charge >= 0.3 is 0 Å². The molecule has 4 rings (SSSR count). The van der Waals surface area contributed by atoms with Crippen LogP contribution in [0.1, 0.15) is 45.2 Å². The first-order chi connectivity index (χ1) is 11.9. The fourth-order valence-corrected chi connectivity index (χ4v) is 4.30. The van der Waals surface area contributed by atoms with Crippen LogP contribution in [0.25, 0.3) is 11.4 Å². The van der Waals surface area contributed by atoms with Crippen molar-refractivity contribution >= 4 is 5.82 Å². The number of hydrogen-bond acceptors (Lipinski definition) is 5. The van der Waals surface area contributed by atoms with E-state index in [1.165, 1.54) is 12.8 Å². The molecule has 1 aliphatic carbocycles. The molecule has 3 heterocycles. The summed E-state index contributed by atoms with van der Waals surface area (Å²) in [5.74, 6) is 1.77. The van der Waals surface area contributed by atoms with Crippen LogP contribution in [-0.2, 0) is 4.74 Å². The van der Waals surface area contributed by atoms with Crippen LogP contribution in [0.2, 0.25) is 0 Å². The summed E-state index contributed by atoms with van der Waals surface area (Å²) in [6, 6.07) is 6.01. The fraction of sp³-hybridized carbons (Fsp3) is 0.550. The summed E-state index contributed by atoms with van der Waals surface area (Å²) >= 11 is 0. The van der Waals surface area contributed by atoms with Crippen molar-refractivity contribution in [2.24, 2.45) is 0 Å². The number of pyridine rings is 1. The molecule has 132 valence electrons. The number of morpholine rings is 1. The third-order valence-electron chi connectivity index (χ3n) is 5.16. The Bertz CT molecular complexity index is 754. The van der Waals surface area contributed by atoms with Crippen LogP contribution in [0.5, 0.6) is 0 Å². The van der Waals surface area contributed by atoms with E-state index in [0.29, 0.717) is 0 Å².